The predicted octanol–water partition coefficient (Wildman–Crippen LogP) is 2.13. The average Bonchev–Trinajstić information content (AvgIpc) is 2.83. The van der Waals surface area contributed by atoms with Crippen LogP contribution in [0.25, 0.3) is 0 Å². The van der Waals surface area contributed by atoms with E-state index in [0.29, 0.717) is 5.92 Å². The van der Waals surface area contributed by atoms with Gasteiger partial charge in [0.1, 0.15) is 0 Å². The highest BCUT2D eigenvalue weighted by Gasteiger charge is 2.36. The van der Waals surface area contributed by atoms with Gasteiger partial charge in [0.25, 0.3) is 0 Å². The van der Waals surface area contributed by atoms with E-state index in [9.17, 15) is 9.90 Å². The Kier molecular flexibility index (Phi) is 4.81. The van der Waals surface area contributed by atoms with Gasteiger partial charge in [0.2, 0.25) is 0 Å². The molecule has 0 aromatic carbocycles. The Morgan fingerprint density at radius 2 is 2.30 bits per heavy atom. The van der Waals surface area contributed by atoms with Gasteiger partial charge in [-0.25, -0.2) is 0 Å². The van der Waals surface area contributed by atoms with Crippen LogP contribution in [-0.2, 0) is 18.4 Å². The van der Waals surface area contributed by atoms with Gasteiger partial charge in [-0.2, -0.15) is 5.10 Å². The third-order valence-electron chi connectivity index (χ3n) is 4.58. The summed E-state index contributed by atoms with van der Waals surface area (Å²) in [5.41, 5.74) is 1.14. The minimum Gasteiger partial charge on any atom is -0.481 e. The molecule has 0 bridgehead atoms. The molecule has 1 saturated carbocycles. The third kappa shape index (κ3) is 3.39. The zero-order chi connectivity index (χ0) is 14.7. The van der Waals surface area contributed by atoms with Crippen LogP contribution in [0.1, 0.15) is 38.2 Å². The molecular weight excluding hydrogens is 254 g/mol. The Morgan fingerprint density at radius 3 is 2.85 bits per heavy atom. The monoisotopic (exact) mass is 279 g/mol. The fourth-order valence-electron chi connectivity index (χ4n) is 3.34. The van der Waals surface area contributed by atoms with Gasteiger partial charge < -0.3 is 5.11 Å². The lowest BCUT2D eigenvalue weighted by atomic mass is 9.76. The minimum atomic E-state index is -0.650. The summed E-state index contributed by atoms with van der Waals surface area (Å²) in [4.78, 5) is 13.7. The maximum atomic E-state index is 11.5. The van der Waals surface area contributed by atoms with Crippen LogP contribution in [0, 0.1) is 11.8 Å². The zero-order valence-corrected chi connectivity index (χ0v) is 12.6. The van der Waals surface area contributed by atoms with Crippen molar-refractivity contribution < 1.29 is 9.90 Å². The summed E-state index contributed by atoms with van der Waals surface area (Å²) in [7, 11) is 3.93. The number of rotatable bonds is 5. The van der Waals surface area contributed by atoms with Gasteiger partial charge in [0.05, 0.1) is 12.1 Å². The van der Waals surface area contributed by atoms with Crippen molar-refractivity contribution in [3.8, 4) is 0 Å². The summed E-state index contributed by atoms with van der Waals surface area (Å²) < 4.78 is 1.79. The number of hydrogen-bond donors (Lipinski definition) is 1. The maximum Gasteiger partial charge on any atom is 0.308 e. The molecule has 5 nitrogen and oxygen atoms in total. The summed E-state index contributed by atoms with van der Waals surface area (Å²) in [6.07, 6.45) is 7.83. The molecular formula is C15H25N3O2. The Labute approximate surface area is 120 Å². The van der Waals surface area contributed by atoms with E-state index < -0.39 is 5.97 Å². The molecule has 112 valence electrons. The lowest BCUT2D eigenvalue weighted by Gasteiger charge is -2.39. The number of nitrogens with zero attached hydrogens (tertiary/aromatic N) is 3. The van der Waals surface area contributed by atoms with Crippen LogP contribution in [0.5, 0.6) is 0 Å². The van der Waals surface area contributed by atoms with Crippen molar-refractivity contribution in [3.63, 3.8) is 0 Å². The summed E-state index contributed by atoms with van der Waals surface area (Å²) in [5.74, 6) is -0.228. The number of hydrogen-bond acceptors (Lipinski definition) is 3. The van der Waals surface area contributed by atoms with Crippen LogP contribution < -0.4 is 0 Å². The molecule has 1 aromatic rings. The van der Waals surface area contributed by atoms with Crippen LogP contribution in [-0.4, -0.2) is 38.8 Å². The molecule has 0 radical (unpaired) electrons. The number of carbonyl (C=O) groups is 1. The fraction of sp³-hybridized carbons (Fsp3) is 0.733. The molecule has 1 fully saturated rings. The van der Waals surface area contributed by atoms with Crippen molar-refractivity contribution in [3.05, 3.63) is 18.0 Å². The number of aryl methyl sites for hydroxylation is 1. The molecule has 20 heavy (non-hydrogen) atoms. The molecule has 3 atom stereocenters. The minimum absolute atomic E-state index is 0.131. The van der Waals surface area contributed by atoms with Crippen molar-refractivity contribution in [2.24, 2.45) is 18.9 Å². The largest absolute Gasteiger partial charge is 0.481 e. The first-order chi connectivity index (χ1) is 9.51. The van der Waals surface area contributed by atoms with Gasteiger partial charge in [-0.15, -0.1) is 0 Å². The fourth-order valence-corrected chi connectivity index (χ4v) is 3.34. The molecule has 1 aliphatic rings. The second-order valence-electron chi connectivity index (χ2n) is 6.04. The number of carboxylic acid groups (broad SMARTS) is 1. The SMILES string of the molecule is CCC1CCC(C(=O)O)C(N(C)Cc2cnn(C)c2)C1. The van der Waals surface area contributed by atoms with Gasteiger partial charge in [-0.05, 0) is 32.2 Å². The van der Waals surface area contributed by atoms with Crippen LogP contribution in [0.4, 0.5) is 0 Å². The Hall–Kier alpha value is -1.36. The van der Waals surface area contributed by atoms with Gasteiger partial charge in [-0.1, -0.05) is 13.3 Å². The normalized spacial score (nSPS) is 26.9. The van der Waals surface area contributed by atoms with E-state index in [0.717, 1.165) is 37.8 Å². The molecule has 0 saturated heterocycles. The summed E-state index contributed by atoms with van der Waals surface area (Å²) >= 11 is 0. The summed E-state index contributed by atoms with van der Waals surface area (Å²) in [6, 6.07) is 0.131. The van der Waals surface area contributed by atoms with Crippen LogP contribution in [0.2, 0.25) is 0 Å². The molecule has 3 unspecified atom stereocenters. The second kappa shape index (κ2) is 6.39. The predicted molar refractivity (Wildman–Crippen MR) is 77.2 cm³/mol. The van der Waals surface area contributed by atoms with Crippen LogP contribution in [0.15, 0.2) is 12.4 Å². The zero-order valence-electron chi connectivity index (χ0n) is 12.6. The van der Waals surface area contributed by atoms with E-state index in [1.165, 1.54) is 0 Å². The second-order valence-corrected chi connectivity index (χ2v) is 6.04. The van der Waals surface area contributed by atoms with E-state index >= 15 is 0 Å². The first-order valence-electron chi connectivity index (χ1n) is 7.41. The first kappa shape index (κ1) is 15.0. The summed E-state index contributed by atoms with van der Waals surface area (Å²) in [5, 5.41) is 13.6. The molecule has 0 amide bonds. The van der Waals surface area contributed by atoms with E-state index in [-0.39, 0.29) is 12.0 Å². The van der Waals surface area contributed by atoms with Crippen LogP contribution >= 0.6 is 0 Å². The topological polar surface area (TPSA) is 58.4 Å². The quantitative estimate of drug-likeness (QED) is 0.897. The van der Waals surface area contributed by atoms with Crippen molar-refractivity contribution >= 4 is 5.97 Å². The first-order valence-corrected chi connectivity index (χ1v) is 7.41. The Balaban J connectivity index is 2.06. The Bertz CT molecular complexity index is 458. The molecule has 1 aliphatic carbocycles. The lowest BCUT2D eigenvalue weighted by Crippen LogP contribution is -2.45. The standard InChI is InChI=1S/C15H25N3O2/c1-4-11-5-6-13(15(19)20)14(7-11)17(2)9-12-8-16-18(3)10-12/h8,10-11,13-14H,4-7,9H2,1-3H3,(H,19,20). The van der Waals surface area contributed by atoms with E-state index in [1.54, 1.807) is 4.68 Å². The molecule has 1 N–H and O–H groups in total. The third-order valence-corrected chi connectivity index (χ3v) is 4.58. The highest BCUT2D eigenvalue weighted by Crippen LogP contribution is 2.34. The van der Waals surface area contributed by atoms with Crippen molar-refractivity contribution in [1.82, 2.24) is 14.7 Å². The molecule has 1 heterocycles. The maximum absolute atomic E-state index is 11.5. The molecule has 0 aliphatic heterocycles. The Morgan fingerprint density at radius 1 is 1.55 bits per heavy atom. The van der Waals surface area contributed by atoms with Gasteiger partial charge >= 0.3 is 5.97 Å². The highest BCUT2D eigenvalue weighted by atomic mass is 16.4. The summed E-state index contributed by atoms with van der Waals surface area (Å²) in [6.45, 7) is 2.96. The molecule has 0 spiro atoms. The van der Waals surface area contributed by atoms with Crippen molar-refractivity contribution in [2.45, 2.75) is 45.2 Å². The molecule has 5 heteroatoms. The smallest absolute Gasteiger partial charge is 0.308 e. The van der Waals surface area contributed by atoms with Gasteiger partial charge in [0, 0.05) is 31.4 Å². The van der Waals surface area contributed by atoms with E-state index in [4.69, 9.17) is 0 Å². The number of aromatic nitrogens is 2. The van der Waals surface area contributed by atoms with Crippen LogP contribution in [0.3, 0.4) is 0 Å². The average molecular weight is 279 g/mol. The highest BCUT2D eigenvalue weighted by molar-refractivity contribution is 5.71. The van der Waals surface area contributed by atoms with Crippen molar-refractivity contribution in [2.75, 3.05) is 7.05 Å². The number of carboxylic acids is 1. The van der Waals surface area contributed by atoms with Crippen molar-refractivity contribution in [1.29, 1.82) is 0 Å². The van der Waals surface area contributed by atoms with Gasteiger partial charge in [0.15, 0.2) is 0 Å². The molecule has 1 aromatic heterocycles. The van der Waals surface area contributed by atoms with E-state index in [1.807, 2.05) is 26.5 Å². The lowest BCUT2D eigenvalue weighted by molar-refractivity contribution is -0.146. The number of aliphatic carboxylic acids is 1. The van der Waals surface area contributed by atoms with Gasteiger partial charge in [-0.3, -0.25) is 14.4 Å². The molecule has 2 rings (SSSR count). The van der Waals surface area contributed by atoms with E-state index in [2.05, 4.69) is 16.9 Å².